The SMILES string of the molecule is CNc1nc(-c2cccc(NC(=O)c3ccc(C(=O)O)cc3)c2)c2cc(CO)c(OC)cc2n1.Cl. The number of aromatic carboxylic acids is 1. The lowest BCUT2D eigenvalue weighted by Gasteiger charge is -2.13. The molecule has 9 nitrogen and oxygen atoms in total. The van der Waals surface area contributed by atoms with Crippen LogP contribution in [-0.2, 0) is 6.61 Å². The van der Waals surface area contributed by atoms with Gasteiger partial charge in [-0.15, -0.1) is 12.4 Å². The van der Waals surface area contributed by atoms with Crippen molar-refractivity contribution < 1.29 is 24.5 Å². The number of nitrogens with zero attached hydrogens (tertiary/aromatic N) is 2. The fourth-order valence-electron chi connectivity index (χ4n) is 3.56. The average molecular weight is 495 g/mol. The molecular formula is C25H23ClN4O5. The zero-order valence-electron chi connectivity index (χ0n) is 18.9. The van der Waals surface area contributed by atoms with E-state index < -0.39 is 5.97 Å². The molecule has 10 heteroatoms. The van der Waals surface area contributed by atoms with Crippen LogP contribution in [0.3, 0.4) is 0 Å². The zero-order chi connectivity index (χ0) is 24.2. The van der Waals surface area contributed by atoms with Gasteiger partial charge in [0, 0.05) is 40.9 Å². The van der Waals surface area contributed by atoms with E-state index in [0.29, 0.717) is 39.7 Å². The molecule has 0 saturated heterocycles. The summed E-state index contributed by atoms with van der Waals surface area (Å²) in [6, 6.07) is 16.4. The maximum absolute atomic E-state index is 12.7. The van der Waals surface area contributed by atoms with Crippen LogP contribution in [0.2, 0.25) is 0 Å². The van der Waals surface area contributed by atoms with Gasteiger partial charge in [-0.1, -0.05) is 12.1 Å². The Kier molecular flexibility index (Phi) is 7.85. The van der Waals surface area contributed by atoms with E-state index in [2.05, 4.69) is 20.6 Å². The largest absolute Gasteiger partial charge is 0.496 e. The van der Waals surface area contributed by atoms with Crippen LogP contribution < -0.4 is 15.4 Å². The number of benzene rings is 3. The van der Waals surface area contributed by atoms with Gasteiger partial charge in [-0.2, -0.15) is 0 Å². The number of amides is 1. The number of carbonyl (C=O) groups is 2. The number of anilines is 2. The quantitative estimate of drug-likeness (QED) is 0.300. The van der Waals surface area contributed by atoms with E-state index in [1.807, 2.05) is 6.07 Å². The van der Waals surface area contributed by atoms with E-state index in [-0.39, 0.29) is 30.5 Å². The summed E-state index contributed by atoms with van der Waals surface area (Å²) >= 11 is 0. The molecule has 0 aliphatic carbocycles. The summed E-state index contributed by atoms with van der Waals surface area (Å²) in [6.07, 6.45) is 0. The highest BCUT2D eigenvalue weighted by Gasteiger charge is 2.15. The number of ether oxygens (including phenoxy) is 1. The Hall–Kier alpha value is -4.21. The number of aliphatic hydroxyl groups is 1. The first-order chi connectivity index (χ1) is 16.4. The summed E-state index contributed by atoms with van der Waals surface area (Å²) in [4.78, 5) is 32.8. The Morgan fingerprint density at radius 1 is 1.00 bits per heavy atom. The predicted molar refractivity (Wildman–Crippen MR) is 136 cm³/mol. The predicted octanol–water partition coefficient (Wildman–Crippen LogP) is 4.21. The monoisotopic (exact) mass is 494 g/mol. The number of halogens is 1. The van der Waals surface area contributed by atoms with Crippen molar-refractivity contribution in [3.63, 3.8) is 0 Å². The third-order valence-electron chi connectivity index (χ3n) is 5.28. The van der Waals surface area contributed by atoms with Crippen molar-refractivity contribution in [1.29, 1.82) is 0 Å². The highest BCUT2D eigenvalue weighted by Crippen LogP contribution is 2.33. The number of carboxylic acid groups (broad SMARTS) is 1. The molecule has 0 atom stereocenters. The van der Waals surface area contributed by atoms with E-state index in [1.165, 1.54) is 31.4 Å². The molecule has 0 spiro atoms. The summed E-state index contributed by atoms with van der Waals surface area (Å²) in [5.74, 6) is -0.490. The van der Waals surface area contributed by atoms with Crippen LogP contribution in [-0.4, -0.2) is 46.2 Å². The van der Waals surface area contributed by atoms with Gasteiger partial charge in [0.2, 0.25) is 5.95 Å². The van der Waals surface area contributed by atoms with Gasteiger partial charge in [-0.3, -0.25) is 4.79 Å². The van der Waals surface area contributed by atoms with Gasteiger partial charge in [0.15, 0.2) is 0 Å². The molecule has 180 valence electrons. The standard InChI is InChI=1S/C25H22N4O5.ClH/c1-26-25-28-20-12-21(34-2)17(13-30)11-19(20)22(29-25)16-4-3-5-18(10-16)27-23(31)14-6-8-15(9-7-14)24(32)33;/h3-12,30H,13H2,1-2H3,(H,27,31)(H,32,33)(H,26,28,29);1H. The summed E-state index contributed by atoms with van der Waals surface area (Å²) < 4.78 is 5.37. The highest BCUT2D eigenvalue weighted by molar-refractivity contribution is 6.05. The normalized spacial score (nSPS) is 10.4. The molecule has 35 heavy (non-hydrogen) atoms. The molecule has 0 radical (unpaired) electrons. The summed E-state index contributed by atoms with van der Waals surface area (Å²) in [6.45, 7) is -0.205. The van der Waals surface area contributed by atoms with Gasteiger partial charge < -0.3 is 25.6 Å². The average Bonchev–Trinajstić information content (AvgIpc) is 2.87. The maximum Gasteiger partial charge on any atom is 0.335 e. The second-order valence-electron chi connectivity index (χ2n) is 7.40. The van der Waals surface area contributed by atoms with E-state index in [9.17, 15) is 14.7 Å². The van der Waals surface area contributed by atoms with Crippen LogP contribution in [0, 0.1) is 0 Å². The number of rotatable bonds is 7. The fraction of sp³-hybridized carbons (Fsp3) is 0.120. The van der Waals surface area contributed by atoms with Crippen LogP contribution in [0.15, 0.2) is 60.7 Å². The lowest BCUT2D eigenvalue weighted by Crippen LogP contribution is -2.12. The first-order valence-electron chi connectivity index (χ1n) is 10.4. The molecule has 4 rings (SSSR count). The molecular weight excluding hydrogens is 472 g/mol. The van der Waals surface area contributed by atoms with Crippen molar-refractivity contribution in [2.45, 2.75) is 6.61 Å². The van der Waals surface area contributed by atoms with Gasteiger partial charge >= 0.3 is 5.97 Å². The molecule has 4 aromatic rings. The molecule has 1 heterocycles. The van der Waals surface area contributed by atoms with E-state index in [1.54, 1.807) is 37.4 Å². The molecule has 0 bridgehead atoms. The minimum absolute atomic E-state index is 0. The molecule has 0 fully saturated rings. The zero-order valence-corrected chi connectivity index (χ0v) is 19.7. The Bertz CT molecular complexity index is 1390. The summed E-state index contributed by atoms with van der Waals surface area (Å²) in [5.41, 5.74) is 3.57. The van der Waals surface area contributed by atoms with Gasteiger partial charge in [0.05, 0.1) is 30.5 Å². The number of nitrogens with one attached hydrogen (secondary N) is 2. The number of hydrogen-bond donors (Lipinski definition) is 4. The number of carbonyl (C=O) groups excluding carboxylic acids is 1. The molecule has 0 unspecified atom stereocenters. The van der Waals surface area contributed by atoms with E-state index in [4.69, 9.17) is 9.84 Å². The minimum Gasteiger partial charge on any atom is -0.496 e. The van der Waals surface area contributed by atoms with Gasteiger partial charge in [0.1, 0.15) is 5.75 Å². The number of hydrogen-bond acceptors (Lipinski definition) is 7. The summed E-state index contributed by atoms with van der Waals surface area (Å²) in [7, 11) is 3.25. The number of methoxy groups -OCH3 is 1. The second-order valence-corrected chi connectivity index (χ2v) is 7.40. The van der Waals surface area contributed by atoms with E-state index >= 15 is 0 Å². The van der Waals surface area contributed by atoms with Crippen molar-refractivity contribution in [2.24, 2.45) is 0 Å². The molecule has 3 aromatic carbocycles. The first kappa shape index (κ1) is 25.4. The molecule has 0 aliphatic heterocycles. The van der Waals surface area contributed by atoms with Crippen LogP contribution in [0.4, 0.5) is 11.6 Å². The Morgan fingerprint density at radius 3 is 2.34 bits per heavy atom. The second kappa shape index (κ2) is 10.8. The molecule has 1 amide bonds. The first-order valence-corrected chi connectivity index (χ1v) is 10.4. The third kappa shape index (κ3) is 5.32. The molecule has 0 aliphatic rings. The van der Waals surface area contributed by atoms with Crippen molar-refractivity contribution >= 4 is 46.8 Å². The maximum atomic E-state index is 12.7. The lowest BCUT2D eigenvalue weighted by molar-refractivity contribution is 0.0696. The van der Waals surface area contributed by atoms with Crippen LogP contribution >= 0.6 is 12.4 Å². The lowest BCUT2D eigenvalue weighted by atomic mass is 10.0. The molecule has 1 aromatic heterocycles. The molecule has 0 saturated carbocycles. The number of aromatic nitrogens is 2. The van der Waals surface area contributed by atoms with Gasteiger partial charge in [0.25, 0.3) is 5.91 Å². The van der Waals surface area contributed by atoms with Crippen molar-refractivity contribution in [1.82, 2.24) is 9.97 Å². The van der Waals surface area contributed by atoms with Crippen molar-refractivity contribution in [2.75, 3.05) is 24.8 Å². The third-order valence-corrected chi connectivity index (χ3v) is 5.28. The van der Waals surface area contributed by atoms with Crippen LogP contribution in [0.5, 0.6) is 5.75 Å². The Morgan fingerprint density at radius 2 is 1.71 bits per heavy atom. The Labute approximate surface area is 207 Å². The number of carboxylic acids is 1. The van der Waals surface area contributed by atoms with Crippen LogP contribution in [0.1, 0.15) is 26.3 Å². The smallest absolute Gasteiger partial charge is 0.335 e. The van der Waals surface area contributed by atoms with Crippen molar-refractivity contribution in [3.8, 4) is 17.0 Å². The van der Waals surface area contributed by atoms with Gasteiger partial charge in [-0.05, 0) is 42.5 Å². The highest BCUT2D eigenvalue weighted by atomic mass is 35.5. The van der Waals surface area contributed by atoms with E-state index in [0.717, 1.165) is 10.9 Å². The molecule has 4 N–H and O–H groups in total. The number of fused-ring (bicyclic) bond motifs is 1. The fourth-order valence-corrected chi connectivity index (χ4v) is 3.56. The topological polar surface area (TPSA) is 134 Å². The number of aliphatic hydroxyl groups excluding tert-OH is 1. The van der Waals surface area contributed by atoms with Crippen LogP contribution in [0.25, 0.3) is 22.2 Å². The van der Waals surface area contributed by atoms with Crippen molar-refractivity contribution in [3.05, 3.63) is 77.4 Å². The summed E-state index contributed by atoms with van der Waals surface area (Å²) in [5, 5.41) is 25.3. The minimum atomic E-state index is -1.06. The van der Waals surface area contributed by atoms with Gasteiger partial charge in [-0.25, -0.2) is 14.8 Å². The Balaban J connectivity index is 0.00000342.